The summed E-state index contributed by atoms with van der Waals surface area (Å²) in [6.07, 6.45) is 4.02. The predicted octanol–water partition coefficient (Wildman–Crippen LogP) is 5.26. The number of para-hydroxylation sites is 1. The van der Waals surface area contributed by atoms with Crippen molar-refractivity contribution in [2.45, 2.75) is 33.6 Å². The number of pyridine rings is 1. The van der Waals surface area contributed by atoms with Crippen LogP contribution in [0.2, 0.25) is 0 Å². The molecule has 0 atom stereocenters. The Bertz CT molecular complexity index is 1140. The minimum atomic E-state index is 0.413. The second-order valence-corrected chi connectivity index (χ2v) is 7.59. The lowest BCUT2D eigenvalue weighted by Gasteiger charge is -2.17. The molecule has 3 nitrogen and oxygen atoms in total. The van der Waals surface area contributed by atoms with Gasteiger partial charge in [-0.3, -0.25) is 4.57 Å². The molecule has 0 spiro atoms. The van der Waals surface area contributed by atoms with Gasteiger partial charge in [-0.25, -0.2) is 0 Å². The first-order valence-electron chi connectivity index (χ1n) is 9.50. The van der Waals surface area contributed by atoms with Crippen molar-refractivity contribution in [1.29, 1.82) is 0 Å². The number of aromatic nitrogens is 3. The van der Waals surface area contributed by atoms with Crippen LogP contribution in [-0.2, 0) is 7.05 Å². The molecular weight excluding hydrogens is 330 g/mol. The fourth-order valence-corrected chi connectivity index (χ4v) is 3.86. The van der Waals surface area contributed by atoms with Gasteiger partial charge in [0.1, 0.15) is 11.9 Å². The number of hydrogen-bond donors (Lipinski definition) is 0. The topological polar surface area (TPSA) is 21.7 Å². The molecule has 2 heterocycles. The Morgan fingerprint density at radius 2 is 1.67 bits per heavy atom. The smallest absolute Gasteiger partial charge is 0.262 e. The van der Waals surface area contributed by atoms with Gasteiger partial charge in [-0.2, -0.15) is 4.57 Å². The van der Waals surface area contributed by atoms with Crippen LogP contribution in [0.15, 0.2) is 61.1 Å². The molecule has 27 heavy (non-hydrogen) atoms. The minimum Gasteiger partial charge on any atom is -0.262 e. The normalized spacial score (nSPS) is 11.5. The van der Waals surface area contributed by atoms with Gasteiger partial charge in [0, 0.05) is 5.56 Å². The first-order chi connectivity index (χ1) is 13.0. The number of nitrogens with zero attached hydrogens (tertiary/aromatic N) is 3. The van der Waals surface area contributed by atoms with E-state index in [2.05, 4.69) is 92.7 Å². The molecule has 4 rings (SSSR count). The van der Waals surface area contributed by atoms with Crippen molar-refractivity contribution in [2.75, 3.05) is 0 Å². The lowest BCUT2D eigenvalue weighted by molar-refractivity contribution is -0.570. The van der Waals surface area contributed by atoms with Gasteiger partial charge in [-0.1, -0.05) is 50.2 Å². The molecule has 0 saturated heterocycles. The van der Waals surface area contributed by atoms with Gasteiger partial charge in [0.25, 0.3) is 0 Å². The fourth-order valence-electron chi connectivity index (χ4n) is 3.86. The molecule has 0 bridgehead atoms. The number of imidazole rings is 1. The van der Waals surface area contributed by atoms with E-state index >= 15 is 0 Å². The van der Waals surface area contributed by atoms with Crippen LogP contribution in [0.5, 0.6) is 0 Å². The van der Waals surface area contributed by atoms with E-state index in [1.165, 1.54) is 33.5 Å². The van der Waals surface area contributed by atoms with Gasteiger partial charge < -0.3 is 0 Å². The minimum absolute atomic E-state index is 0.413. The maximum absolute atomic E-state index is 4.70. The summed E-state index contributed by atoms with van der Waals surface area (Å²) in [6.45, 7) is 8.90. The highest BCUT2D eigenvalue weighted by Crippen LogP contribution is 2.33. The number of rotatable bonds is 3. The number of fused-ring (bicyclic) bond motifs is 1. The van der Waals surface area contributed by atoms with Gasteiger partial charge >= 0.3 is 5.65 Å². The van der Waals surface area contributed by atoms with E-state index in [4.69, 9.17) is 4.98 Å². The Morgan fingerprint density at radius 3 is 2.44 bits per heavy atom. The third-order valence-electron chi connectivity index (χ3n) is 5.49. The molecule has 0 amide bonds. The van der Waals surface area contributed by atoms with Crippen molar-refractivity contribution in [3.8, 4) is 16.8 Å². The molecule has 2 aromatic carbocycles. The second kappa shape index (κ2) is 6.66. The zero-order valence-electron chi connectivity index (χ0n) is 16.7. The molecular formula is C24H26N3+. The molecule has 2 aromatic heterocycles. The predicted molar refractivity (Wildman–Crippen MR) is 111 cm³/mol. The highest BCUT2D eigenvalue weighted by atomic mass is 15.2. The van der Waals surface area contributed by atoms with Crippen molar-refractivity contribution in [3.63, 3.8) is 0 Å². The third-order valence-corrected chi connectivity index (χ3v) is 5.49. The lowest BCUT2D eigenvalue weighted by atomic mass is 9.91. The summed E-state index contributed by atoms with van der Waals surface area (Å²) >= 11 is 0. The van der Waals surface area contributed by atoms with Crippen LogP contribution >= 0.6 is 0 Å². The zero-order chi connectivity index (χ0) is 19.1. The van der Waals surface area contributed by atoms with Crippen molar-refractivity contribution in [3.05, 3.63) is 77.7 Å². The molecule has 0 radical (unpaired) electrons. The summed E-state index contributed by atoms with van der Waals surface area (Å²) in [5.41, 5.74) is 9.85. The van der Waals surface area contributed by atoms with E-state index in [9.17, 15) is 0 Å². The van der Waals surface area contributed by atoms with E-state index in [1.54, 1.807) is 0 Å². The van der Waals surface area contributed by atoms with Crippen LogP contribution in [0.3, 0.4) is 0 Å². The molecule has 3 heteroatoms. The summed E-state index contributed by atoms with van der Waals surface area (Å²) in [6, 6.07) is 17.3. The van der Waals surface area contributed by atoms with Gasteiger partial charge in [-0.15, -0.1) is 4.98 Å². The second-order valence-electron chi connectivity index (χ2n) is 7.59. The van der Waals surface area contributed by atoms with Crippen molar-refractivity contribution < 1.29 is 4.57 Å². The quantitative estimate of drug-likeness (QED) is 0.459. The molecule has 136 valence electrons. The Hall–Kier alpha value is -2.94. The van der Waals surface area contributed by atoms with E-state index in [0.717, 1.165) is 11.2 Å². The summed E-state index contributed by atoms with van der Waals surface area (Å²) in [5.74, 6) is 0.413. The number of benzene rings is 2. The fraction of sp³-hybridized carbons (Fsp3) is 0.250. The monoisotopic (exact) mass is 356 g/mol. The van der Waals surface area contributed by atoms with Crippen molar-refractivity contribution in [1.82, 2.24) is 9.55 Å². The van der Waals surface area contributed by atoms with Crippen LogP contribution in [0, 0.1) is 13.8 Å². The van der Waals surface area contributed by atoms with Crippen LogP contribution in [0.4, 0.5) is 0 Å². The first kappa shape index (κ1) is 17.5. The Morgan fingerprint density at radius 1 is 0.926 bits per heavy atom. The highest BCUT2D eigenvalue weighted by molar-refractivity contribution is 5.77. The van der Waals surface area contributed by atoms with Crippen LogP contribution in [0.25, 0.3) is 28.0 Å². The maximum atomic E-state index is 4.70. The molecule has 0 fully saturated rings. The molecule has 0 aliphatic heterocycles. The van der Waals surface area contributed by atoms with Crippen LogP contribution in [0.1, 0.15) is 36.5 Å². The molecule has 0 unspecified atom stereocenters. The molecule has 4 aromatic rings. The largest absolute Gasteiger partial charge is 0.306 e. The Balaban J connectivity index is 2.11. The maximum Gasteiger partial charge on any atom is 0.306 e. The van der Waals surface area contributed by atoms with E-state index in [-0.39, 0.29) is 0 Å². The van der Waals surface area contributed by atoms with E-state index in [0.29, 0.717) is 5.92 Å². The first-order valence-corrected chi connectivity index (χ1v) is 9.50. The summed E-state index contributed by atoms with van der Waals surface area (Å²) in [4.78, 5) is 4.70. The number of aryl methyl sites for hydroxylation is 2. The average molecular weight is 356 g/mol. The van der Waals surface area contributed by atoms with Gasteiger partial charge in [0.2, 0.25) is 0 Å². The average Bonchev–Trinajstić information content (AvgIpc) is 3.00. The highest BCUT2D eigenvalue weighted by Gasteiger charge is 2.23. The summed E-state index contributed by atoms with van der Waals surface area (Å²) in [7, 11) is 2.08. The molecule has 0 aliphatic carbocycles. The summed E-state index contributed by atoms with van der Waals surface area (Å²) in [5, 5.41) is 0. The zero-order valence-corrected chi connectivity index (χ0v) is 16.7. The third kappa shape index (κ3) is 2.84. The number of hydrogen-bond acceptors (Lipinski definition) is 1. The Kier molecular flexibility index (Phi) is 4.31. The molecule has 0 aliphatic rings. The van der Waals surface area contributed by atoms with Crippen LogP contribution in [-0.4, -0.2) is 9.55 Å². The van der Waals surface area contributed by atoms with Gasteiger partial charge in [0.15, 0.2) is 11.8 Å². The SMILES string of the molecule is Cc1cccc(-c2cccc(C(C)C)c2-[n+]2cn(C)c3cccnc32)c1C. The molecule has 0 saturated carbocycles. The van der Waals surface area contributed by atoms with Gasteiger partial charge in [-0.05, 0) is 54.2 Å². The standard InChI is InChI=1S/C24H26N3/c1-16(2)19-10-7-12-21(20-11-6-9-17(3)18(20)4)23(19)27-15-26(5)22-13-8-14-25-24(22)27/h6-16H,1-5H3/q+1. The lowest BCUT2D eigenvalue weighted by Crippen LogP contribution is -2.32. The van der Waals surface area contributed by atoms with Crippen molar-refractivity contribution >= 4 is 11.2 Å². The van der Waals surface area contributed by atoms with E-state index < -0.39 is 0 Å². The van der Waals surface area contributed by atoms with Gasteiger partial charge in [0.05, 0.1) is 7.05 Å². The van der Waals surface area contributed by atoms with E-state index in [1.807, 2.05) is 12.3 Å². The van der Waals surface area contributed by atoms with Crippen LogP contribution < -0.4 is 4.57 Å². The summed E-state index contributed by atoms with van der Waals surface area (Å²) < 4.78 is 4.40. The Labute approximate surface area is 160 Å². The molecule has 0 N–H and O–H groups in total. The van der Waals surface area contributed by atoms with Crippen molar-refractivity contribution in [2.24, 2.45) is 7.05 Å².